The van der Waals surface area contributed by atoms with Gasteiger partial charge in [-0.25, -0.2) is 14.6 Å². The van der Waals surface area contributed by atoms with Gasteiger partial charge in [0.05, 0.1) is 12.3 Å². The monoisotopic (exact) mass is 465 g/mol. The smallest absolute Gasteiger partial charge is 0.244 e. The van der Waals surface area contributed by atoms with E-state index < -0.39 is 11.4 Å². The largest absolute Gasteiger partial charge is 0.492 e. The number of ether oxygens (including phenoxy) is 1. The molecule has 4 rings (SSSR count). The third-order valence-corrected chi connectivity index (χ3v) is 6.53. The molecule has 1 aliphatic rings. The maximum atomic E-state index is 11.6. The van der Waals surface area contributed by atoms with Crippen LogP contribution >= 0.6 is 11.3 Å². The van der Waals surface area contributed by atoms with Gasteiger partial charge in [0.1, 0.15) is 17.6 Å². The summed E-state index contributed by atoms with van der Waals surface area (Å²) >= 11 is 1.62. The van der Waals surface area contributed by atoms with E-state index in [1.54, 1.807) is 37.7 Å². The molecule has 0 saturated heterocycles. The van der Waals surface area contributed by atoms with Gasteiger partial charge in [0.2, 0.25) is 5.91 Å². The Morgan fingerprint density at radius 2 is 2.15 bits per heavy atom. The Morgan fingerprint density at radius 1 is 1.36 bits per heavy atom. The van der Waals surface area contributed by atoms with Gasteiger partial charge in [0.25, 0.3) is 0 Å². The van der Waals surface area contributed by atoms with E-state index in [4.69, 9.17) is 21.2 Å². The molecule has 3 aromatic rings. The zero-order chi connectivity index (χ0) is 23.8. The molecule has 0 aliphatic carbocycles. The molecule has 3 heterocycles. The van der Waals surface area contributed by atoms with Crippen LogP contribution < -0.4 is 16.2 Å². The number of rotatable bonds is 6. The quantitative estimate of drug-likeness (QED) is 0.537. The van der Waals surface area contributed by atoms with Crippen molar-refractivity contribution in [2.75, 3.05) is 6.61 Å². The third-order valence-electron chi connectivity index (χ3n) is 5.42. The van der Waals surface area contributed by atoms with Gasteiger partial charge in [-0.2, -0.15) is 5.10 Å². The molecule has 2 aromatic heterocycles. The van der Waals surface area contributed by atoms with Crippen LogP contribution in [0.2, 0.25) is 0 Å². The summed E-state index contributed by atoms with van der Waals surface area (Å²) in [4.78, 5) is 26.4. The molecule has 0 fully saturated rings. The van der Waals surface area contributed by atoms with Gasteiger partial charge in [0.15, 0.2) is 10.8 Å². The van der Waals surface area contributed by atoms with Crippen molar-refractivity contribution in [1.29, 1.82) is 0 Å². The van der Waals surface area contributed by atoms with Gasteiger partial charge in [-0.15, -0.1) is 11.3 Å². The molecule has 0 radical (unpaired) electrons. The van der Waals surface area contributed by atoms with Crippen molar-refractivity contribution < 1.29 is 9.53 Å². The van der Waals surface area contributed by atoms with E-state index in [-0.39, 0.29) is 6.04 Å². The highest BCUT2D eigenvalue weighted by Crippen LogP contribution is 2.41. The first kappa shape index (κ1) is 22.7. The van der Waals surface area contributed by atoms with Gasteiger partial charge in [0, 0.05) is 40.9 Å². The number of thiazole rings is 1. The maximum Gasteiger partial charge on any atom is 0.244 e. The van der Waals surface area contributed by atoms with Gasteiger partial charge >= 0.3 is 0 Å². The standard InChI is InChI=1S/C23H27N7O2S/c1-13(2)30-20(26-12-28-30)21-29-19-16-6-5-14(9-17(16)32-8-7-18(19)33-21)15(10-24)11-27-23(3,4)22(25)31/h5-6,9-13H,7-8,24H2,1-4H3,(H2,25,31). The van der Waals surface area contributed by atoms with E-state index in [0.29, 0.717) is 12.2 Å². The number of allylic oxidation sites excluding steroid dienone is 1. The minimum absolute atomic E-state index is 0.187. The van der Waals surface area contributed by atoms with Crippen molar-refractivity contribution in [1.82, 2.24) is 19.7 Å². The summed E-state index contributed by atoms with van der Waals surface area (Å²) in [5, 5.41) is 5.17. The predicted molar refractivity (Wildman–Crippen MR) is 130 cm³/mol. The Labute approximate surface area is 196 Å². The molecule has 0 saturated carbocycles. The van der Waals surface area contributed by atoms with E-state index in [1.165, 1.54) is 6.20 Å². The minimum Gasteiger partial charge on any atom is -0.492 e. The van der Waals surface area contributed by atoms with E-state index >= 15 is 0 Å². The summed E-state index contributed by atoms with van der Waals surface area (Å²) in [6.45, 7) is 7.98. The third kappa shape index (κ3) is 4.38. The van der Waals surface area contributed by atoms with Crippen molar-refractivity contribution in [3.8, 4) is 27.8 Å². The van der Waals surface area contributed by atoms with Crippen molar-refractivity contribution in [2.45, 2.75) is 45.7 Å². The molecule has 0 atom stereocenters. The van der Waals surface area contributed by atoms with Crippen LogP contribution in [0.15, 0.2) is 35.7 Å². The van der Waals surface area contributed by atoms with Crippen LogP contribution in [0, 0.1) is 0 Å². The summed E-state index contributed by atoms with van der Waals surface area (Å²) in [5.74, 6) is 0.972. The van der Waals surface area contributed by atoms with Gasteiger partial charge in [-0.05, 0) is 45.4 Å². The number of hydrogen-bond donors (Lipinski definition) is 2. The molecule has 172 valence electrons. The van der Waals surface area contributed by atoms with Gasteiger partial charge in [-0.3, -0.25) is 9.79 Å². The first-order valence-corrected chi connectivity index (χ1v) is 11.5. The lowest BCUT2D eigenvalue weighted by atomic mass is 10.0. The number of nitrogens with zero attached hydrogens (tertiary/aromatic N) is 5. The second kappa shape index (κ2) is 8.78. The molecule has 10 heteroatoms. The summed E-state index contributed by atoms with van der Waals surface area (Å²) < 4.78 is 7.93. The van der Waals surface area contributed by atoms with Gasteiger partial charge in [-0.1, -0.05) is 6.07 Å². The first-order valence-electron chi connectivity index (χ1n) is 10.7. The number of nitrogens with two attached hydrogens (primary N) is 2. The SMILES string of the molecule is CC(C)n1ncnc1-c1nc2c(s1)CCOc1cc(C(C=NC(C)(C)C(N)=O)=CN)ccc1-2. The van der Waals surface area contributed by atoms with E-state index in [9.17, 15) is 4.79 Å². The molecule has 4 N–H and O–H groups in total. The van der Waals surface area contributed by atoms with Crippen LogP contribution in [-0.2, 0) is 11.2 Å². The predicted octanol–water partition coefficient (Wildman–Crippen LogP) is 3.22. The number of carbonyl (C=O) groups is 1. The second-order valence-corrected chi connectivity index (χ2v) is 9.61. The second-order valence-electron chi connectivity index (χ2n) is 8.53. The van der Waals surface area contributed by atoms with Crippen molar-refractivity contribution in [2.24, 2.45) is 16.5 Å². The molecular formula is C23H27N7O2S. The number of amides is 1. The highest BCUT2D eigenvalue weighted by molar-refractivity contribution is 7.15. The van der Waals surface area contributed by atoms with E-state index in [0.717, 1.165) is 44.7 Å². The molecule has 33 heavy (non-hydrogen) atoms. The number of primary amides is 1. The topological polar surface area (TPSA) is 134 Å². The fourth-order valence-corrected chi connectivity index (χ4v) is 4.43. The Morgan fingerprint density at radius 3 is 2.85 bits per heavy atom. The molecular weight excluding hydrogens is 438 g/mol. The lowest BCUT2D eigenvalue weighted by Crippen LogP contribution is -2.36. The zero-order valence-electron chi connectivity index (χ0n) is 19.1. The Balaban J connectivity index is 1.71. The fourth-order valence-electron chi connectivity index (χ4n) is 3.39. The number of carbonyl (C=O) groups excluding carboxylic acids is 1. The minimum atomic E-state index is -1.03. The maximum absolute atomic E-state index is 11.6. The Hall–Kier alpha value is -3.53. The highest BCUT2D eigenvalue weighted by atomic mass is 32.1. The van der Waals surface area contributed by atoms with Crippen molar-refractivity contribution >= 4 is 29.0 Å². The van der Waals surface area contributed by atoms with E-state index in [2.05, 4.69) is 28.9 Å². The number of hydrogen-bond acceptors (Lipinski definition) is 8. The fraction of sp³-hybridized carbons (Fsp3) is 0.348. The molecule has 0 unspecified atom stereocenters. The van der Waals surface area contributed by atoms with Crippen molar-refractivity contribution in [3.05, 3.63) is 41.2 Å². The number of fused-ring (bicyclic) bond motifs is 3. The summed E-state index contributed by atoms with van der Waals surface area (Å²) in [6, 6.07) is 6.02. The summed E-state index contributed by atoms with van der Waals surface area (Å²) in [5.41, 5.74) is 13.5. The average molecular weight is 466 g/mol. The molecule has 1 aromatic carbocycles. The molecule has 0 spiro atoms. The lowest BCUT2D eigenvalue weighted by Gasteiger charge is -2.15. The number of aliphatic imine (C=N–C) groups is 1. The summed E-state index contributed by atoms with van der Waals surface area (Å²) in [6.07, 6.45) is 5.33. The van der Waals surface area contributed by atoms with Crippen LogP contribution in [0.3, 0.4) is 0 Å². The molecule has 0 bridgehead atoms. The Kier molecular flexibility index (Phi) is 6.03. The van der Waals surface area contributed by atoms with Crippen LogP contribution in [-0.4, -0.2) is 44.0 Å². The number of benzene rings is 1. The van der Waals surface area contributed by atoms with Crippen LogP contribution in [0.1, 0.15) is 44.2 Å². The van der Waals surface area contributed by atoms with Crippen LogP contribution in [0.25, 0.3) is 27.7 Å². The Bertz CT molecular complexity index is 1250. The van der Waals surface area contributed by atoms with Crippen molar-refractivity contribution in [3.63, 3.8) is 0 Å². The summed E-state index contributed by atoms with van der Waals surface area (Å²) in [7, 11) is 0. The molecule has 9 nitrogen and oxygen atoms in total. The highest BCUT2D eigenvalue weighted by Gasteiger charge is 2.25. The zero-order valence-corrected chi connectivity index (χ0v) is 19.9. The first-order chi connectivity index (χ1) is 15.7. The molecule has 1 amide bonds. The molecule has 1 aliphatic heterocycles. The lowest BCUT2D eigenvalue weighted by molar-refractivity contribution is -0.121. The number of aromatic nitrogens is 4. The normalized spacial score (nSPS) is 14.2. The van der Waals surface area contributed by atoms with E-state index in [1.807, 2.05) is 22.9 Å². The van der Waals surface area contributed by atoms with Crippen LogP contribution in [0.5, 0.6) is 5.75 Å². The van der Waals surface area contributed by atoms with Gasteiger partial charge < -0.3 is 16.2 Å². The average Bonchev–Trinajstić information content (AvgIpc) is 3.38. The van der Waals surface area contributed by atoms with Crippen LogP contribution in [0.4, 0.5) is 0 Å².